The van der Waals surface area contributed by atoms with Crippen LogP contribution in [0.1, 0.15) is 11.1 Å². The van der Waals surface area contributed by atoms with E-state index in [1.165, 1.54) is 0 Å². The molecule has 0 radical (unpaired) electrons. The summed E-state index contributed by atoms with van der Waals surface area (Å²) in [4.78, 5) is 3.31. The molecule has 0 aliphatic heterocycles. The monoisotopic (exact) mass is 227 g/mol. The Kier molecular flexibility index (Phi) is 2.35. The third-order valence-electron chi connectivity index (χ3n) is 3.09. The zero-order valence-electron chi connectivity index (χ0n) is 9.27. The van der Waals surface area contributed by atoms with Crippen LogP contribution in [0.5, 0.6) is 0 Å². The molecular weight excluding hydrogens is 214 g/mol. The molecule has 0 aliphatic rings. The van der Waals surface area contributed by atoms with Gasteiger partial charge in [0.25, 0.3) is 0 Å². The van der Waals surface area contributed by atoms with Gasteiger partial charge in [-0.3, -0.25) is 0 Å². The lowest BCUT2D eigenvalue weighted by Crippen LogP contribution is -1.81. The molecule has 3 rings (SSSR count). The van der Waals surface area contributed by atoms with E-state index < -0.39 is 0 Å². The van der Waals surface area contributed by atoms with Crippen LogP contribution in [-0.2, 0) is 13.2 Å². The first-order chi connectivity index (χ1) is 8.31. The van der Waals surface area contributed by atoms with Crippen LogP contribution >= 0.6 is 0 Å². The van der Waals surface area contributed by atoms with E-state index in [1.54, 1.807) is 0 Å². The van der Waals surface area contributed by atoms with Crippen LogP contribution in [0.4, 0.5) is 0 Å². The summed E-state index contributed by atoms with van der Waals surface area (Å²) in [7, 11) is 0. The zero-order chi connectivity index (χ0) is 11.8. The Labute approximate surface area is 98.3 Å². The summed E-state index contributed by atoms with van der Waals surface area (Å²) in [5.41, 5.74) is 3.82. The fourth-order valence-electron chi connectivity index (χ4n) is 2.20. The van der Waals surface area contributed by atoms with E-state index >= 15 is 0 Å². The summed E-state index contributed by atoms with van der Waals surface area (Å²) < 4.78 is 0. The quantitative estimate of drug-likeness (QED) is 0.629. The molecule has 2 aromatic carbocycles. The highest BCUT2D eigenvalue weighted by molar-refractivity contribution is 6.07. The maximum absolute atomic E-state index is 9.11. The SMILES string of the molecule is OCc1ccc2c(c1)[nH]c1cc(CO)ccc12. The first-order valence-corrected chi connectivity index (χ1v) is 5.57. The number of H-pyrrole nitrogens is 1. The molecule has 1 heterocycles. The van der Waals surface area contributed by atoms with Crippen LogP contribution in [0.25, 0.3) is 21.8 Å². The van der Waals surface area contributed by atoms with Gasteiger partial charge in [-0.1, -0.05) is 24.3 Å². The Bertz CT molecular complexity index is 627. The minimum atomic E-state index is 0.0488. The van der Waals surface area contributed by atoms with Crippen molar-refractivity contribution in [1.82, 2.24) is 4.98 Å². The summed E-state index contributed by atoms with van der Waals surface area (Å²) in [5, 5.41) is 20.5. The van der Waals surface area contributed by atoms with Crippen molar-refractivity contribution in [3.05, 3.63) is 47.5 Å². The molecular formula is C14H13NO2. The second-order valence-corrected chi connectivity index (χ2v) is 4.20. The number of aromatic nitrogens is 1. The number of aliphatic hydroxyl groups is 2. The summed E-state index contributed by atoms with van der Waals surface area (Å²) in [6, 6.07) is 11.8. The van der Waals surface area contributed by atoms with Crippen LogP contribution in [-0.4, -0.2) is 15.2 Å². The maximum atomic E-state index is 9.11. The van der Waals surface area contributed by atoms with Crippen molar-refractivity contribution >= 4 is 21.8 Å². The average molecular weight is 227 g/mol. The lowest BCUT2D eigenvalue weighted by atomic mass is 10.1. The number of benzene rings is 2. The van der Waals surface area contributed by atoms with Crippen molar-refractivity contribution in [1.29, 1.82) is 0 Å². The van der Waals surface area contributed by atoms with Gasteiger partial charge in [0.1, 0.15) is 0 Å². The molecule has 3 nitrogen and oxygen atoms in total. The Morgan fingerprint density at radius 3 is 1.65 bits per heavy atom. The molecule has 0 saturated carbocycles. The van der Waals surface area contributed by atoms with E-state index in [-0.39, 0.29) is 13.2 Å². The topological polar surface area (TPSA) is 56.2 Å². The van der Waals surface area contributed by atoms with Gasteiger partial charge in [0.2, 0.25) is 0 Å². The van der Waals surface area contributed by atoms with Crippen LogP contribution < -0.4 is 0 Å². The Balaban J connectivity index is 2.32. The molecule has 86 valence electrons. The third kappa shape index (κ3) is 1.60. The minimum absolute atomic E-state index is 0.0488. The number of fused-ring (bicyclic) bond motifs is 3. The van der Waals surface area contributed by atoms with Gasteiger partial charge < -0.3 is 15.2 Å². The number of nitrogens with one attached hydrogen (secondary N) is 1. The normalized spacial score (nSPS) is 11.4. The molecule has 3 N–H and O–H groups in total. The van der Waals surface area contributed by atoms with Crippen LogP contribution in [0, 0.1) is 0 Å². The molecule has 0 amide bonds. The first-order valence-electron chi connectivity index (χ1n) is 5.57. The average Bonchev–Trinajstić information content (AvgIpc) is 2.74. The van der Waals surface area contributed by atoms with Crippen molar-refractivity contribution in [2.45, 2.75) is 13.2 Å². The number of aromatic amines is 1. The molecule has 0 saturated heterocycles. The van der Waals surface area contributed by atoms with Gasteiger partial charge in [-0.2, -0.15) is 0 Å². The lowest BCUT2D eigenvalue weighted by molar-refractivity contribution is 0.282. The predicted molar refractivity (Wildman–Crippen MR) is 67.7 cm³/mol. The Morgan fingerprint density at radius 2 is 1.24 bits per heavy atom. The van der Waals surface area contributed by atoms with E-state index in [0.29, 0.717) is 0 Å². The van der Waals surface area contributed by atoms with Crippen molar-refractivity contribution in [2.24, 2.45) is 0 Å². The highest BCUT2D eigenvalue weighted by Crippen LogP contribution is 2.26. The summed E-state index contributed by atoms with van der Waals surface area (Å²) >= 11 is 0. The van der Waals surface area contributed by atoms with Gasteiger partial charge in [0, 0.05) is 21.8 Å². The fraction of sp³-hybridized carbons (Fsp3) is 0.143. The predicted octanol–water partition coefficient (Wildman–Crippen LogP) is 2.31. The molecule has 3 heteroatoms. The minimum Gasteiger partial charge on any atom is -0.392 e. The largest absolute Gasteiger partial charge is 0.392 e. The number of rotatable bonds is 2. The van der Waals surface area contributed by atoms with E-state index in [9.17, 15) is 0 Å². The van der Waals surface area contributed by atoms with Crippen molar-refractivity contribution in [3.8, 4) is 0 Å². The van der Waals surface area contributed by atoms with Crippen LogP contribution in [0.2, 0.25) is 0 Å². The van der Waals surface area contributed by atoms with Gasteiger partial charge in [-0.15, -0.1) is 0 Å². The van der Waals surface area contributed by atoms with E-state index in [4.69, 9.17) is 10.2 Å². The van der Waals surface area contributed by atoms with Gasteiger partial charge in [-0.25, -0.2) is 0 Å². The lowest BCUT2D eigenvalue weighted by Gasteiger charge is -1.96. The van der Waals surface area contributed by atoms with Gasteiger partial charge >= 0.3 is 0 Å². The van der Waals surface area contributed by atoms with Crippen molar-refractivity contribution in [3.63, 3.8) is 0 Å². The van der Waals surface area contributed by atoms with Crippen molar-refractivity contribution < 1.29 is 10.2 Å². The molecule has 0 bridgehead atoms. The highest BCUT2D eigenvalue weighted by Gasteiger charge is 2.05. The van der Waals surface area contributed by atoms with E-state index in [2.05, 4.69) is 4.98 Å². The fourth-order valence-corrected chi connectivity index (χ4v) is 2.20. The molecule has 17 heavy (non-hydrogen) atoms. The molecule has 0 fully saturated rings. The van der Waals surface area contributed by atoms with Crippen LogP contribution in [0.15, 0.2) is 36.4 Å². The van der Waals surface area contributed by atoms with Crippen molar-refractivity contribution in [2.75, 3.05) is 0 Å². The smallest absolute Gasteiger partial charge is 0.0682 e. The number of hydrogen-bond donors (Lipinski definition) is 3. The molecule has 0 aliphatic carbocycles. The van der Waals surface area contributed by atoms with E-state index in [0.717, 1.165) is 32.9 Å². The molecule has 1 aromatic heterocycles. The maximum Gasteiger partial charge on any atom is 0.0682 e. The zero-order valence-corrected chi connectivity index (χ0v) is 9.27. The summed E-state index contributed by atoms with van der Waals surface area (Å²) in [6.45, 7) is 0.0976. The molecule has 0 atom stereocenters. The standard InChI is InChI=1S/C14H13NO2/c16-7-9-1-3-11-12-4-2-10(8-17)6-14(12)15-13(11)5-9/h1-6,15-17H,7-8H2. The number of hydrogen-bond acceptors (Lipinski definition) is 2. The Hall–Kier alpha value is -1.84. The third-order valence-corrected chi connectivity index (χ3v) is 3.09. The second-order valence-electron chi connectivity index (χ2n) is 4.20. The van der Waals surface area contributed by atoms with Gasteiger partial charge in [0.15, 0.2) is 0 Å². The molecule has 0 spiro atoms. The number of aliphatic hydroxyl groups excluding tert-OH is 2. The van der Waals surface area contributed by atoms with E-state index in [1.807, 2.05) is 36.4 Å². The second kappa shape index (κ2) is 3.87. The van der Waals surface area contributed by atoms with Gasteiger partial charge in [-0.05, 0) is 23.3 Å². The molecule has 3 aromatic rings. The highest BCUT2D eigenvalue weighted by atomic mass is 16.3. The van der Waals surface area contributed by atoms with Crippen LogP contribution in [0.3, 0.4) is 0 Å². The molecule has 0 unspecified atom stereocenters. The summed E-state index contributed by atoms with van der Waals surface area (Å²) in [5.74, 6) is 0. The van der Waals surface area contributed by atoms with Gasteiger partial charge in [0.05, 0.1) is 13.2 Å². The Morgan fingerprint density at radius 1 is 0.765 bits per heavy atom. The first kappa shape index (κ1) is 10.3. The summed E-state index contributed by atoms with van der Waals surface area (Å²) in [6.07, 6.45) is 0.